The average molecular weight is 490 g/mol. The van der Waals surface area contributed by atoms with Gasteiger partial charge in [-0.15, -0.1) is 24.0 Å². The Bertz CT molecular complexity index is 536. The van der Waals surface area contributed by atoms with Crippen LogP contribution in [-0.4, -0.2) is 63.5 Å². The smallest absolute Gasteiger partial charge is 0.191 e. The van der Waals surface area contributed by atoms with Gasteiger partial charge in [0.1, 0.15) is 0 Å². The third-order valence-electron chi connectivity index (χ3n) is 4.23. The first-order valence-electron chi connectivity index (χ1n) is 9.79. The summed E-state index contributed by atoms with van der Waals surface area (Å²) in [7, 11) is 0. The summed E-state index contributed by atoms with van der Waals surface area (Å²) in [6.07, 6.45) is 0.979. The van der Waals surface area contributed by atoms with Crippen molar-refractivity contribution >= 4 is 29.9 Å². The Morgan fingerprint density at radius 2 is 1.96 bits per heavy atom. The van der Waals surface area contributed by atoms with Gasteiger partial charge in [-0.3, -0.25) is 4.90 Å². The molecule has 0 atom stereocenters. The van der Waals surface area contributed by atoms with Crippen LogP contribution in [-0.2, 0) is 22.6 Å². The molecule has 1 aliphatic heterocycles. The van der Waals surface area contributed by atoms with Crippen molar-refractivity contribution in [1.82, 2.24) is 15.5 Å². The molecule has 0 spiro atoms. The Morgan fingerprint density at radius 1 is 1.19 bits per heavy atom. The molecule has 0 aliphatic carbocycles. The van der Waals surface area contributed by atoms with E-state index in [1.54, 1.807) is 0 Å². The topological polar surface area (TPSA) is 58.1 Å². The molecule has 1 aromatic rings. The van der Waals surface area contributed by atoms with Gasteiger partial charge >= 0.3 is 0 Å². The minimum atomic E-state index is 0. The van der Waals surface area contributed by atoms with E-state index in [9.17, 15) is 0 Å². The van der Waals surface area contributed by atoms with Crippen molar-refractivity contribution in [3.63, 3.8) is 0 Å². The van der Waals surface area contributed by atoms with Crippen molar-refractivity contribution in [2.75, 3.05) is 52.6 Å². The number of benzene rings is 1. The van der Waals surface area contributed by atoms with Crippen LogP contribution in [0.5, 0.6) is 0 Å². The summed E-state index contributed by atoms with van der Waals surface area (Å²) < 4.78 is 10.8. The van der Waals surface area contributed by atoms with Gasteiger partial charge in [-0.05, 0) is 31.4 Å². The number of ether oxygens (including phenoxy) is 2. The molecule has 2 rings (SSSR count). The quantitative estimate of drug-likeness (QED) is 0.229. The molecule has 1 aliphatic rings. The molecule has 0 amide bonds. The lowest BCUT2D eigenvalue weighted by atomic mass is 10.1. The molecule has 0 saturated carbocycles. The molecule has 7 heteroatoms. The first kappa shape index (κ1) is 24.1. The van der Waals surface area contributed by atoms with E-state index in [0.717, 1.165) is 71.5 Å². The van der Waals surface area contributed by atoms with Gasteiger partial charge in [0.2, 0.25) is 0 Å². The maximum absolute atomic E-state index is 5.42. The molecule has 154 valence electrons. The van der Waals surface area contributed by atoms with E-state index >= 15 is 0 Å². The van der Waals surface area contributed by atoms with Crippen LogP contribution in [0.1, 0.15) is 31.4 Å². The normalized spacial score (nSPS) is 15.3. The van der Waals surface area contributed by atoms with Crippen LogP contribution < -0.4 is 10.6 Å². The number of nitrogens with zero attached hydrogens (tertiary/aromatic N) is 2. The van der Waals surface area contributed by atoms with Gasteiger partial charge < -0.3 is 20.1 Å². The van der Waals surface area contributed by atoms with E-state index in [-0.39, 0.29) is 24.0 Å². The number of hydrogen-bond donors (Lipinski definition) is 2. The van der Waals surface area contributed by atoms with E-state index in [2.05, 4.69) is 46.7 Å². The van der Waals surface area contributed by atoms with E-state index in [4.69, 9.17) is 14.5 Å². The van der Waals surface area contributed by atoms with Gasteiger partial charge in [0.15, 0.2) is 5.96 Å². The number of nitrogens with one attached hydrogen (secondary N) is 2. The highest BCUT2D eigenvalue weighted by Crippen LogP contribution is 2.10. The second kappa shape index (κ2) is 15.1. The highest BCUT2D eigenvalue weighted by molar-refractivity contribution is 14.0. The van der Waals surface area contributed by atoms with Crippen LogP contribution in [0.25, 0.3) is 0 Å². The summed E-state index contributed by atoms with van der Waals surface area (Å²) in [4.78, 5) is 7.15. The molecule has 27 heavy (non-hydrogen) atoms. The van der Waals surface area contributed by atoms with E-state index in [0.29, 0.717) is 6.54 Å². The van der Waals surface area contributed by atoms with Crippen molar-refractivity contribution in [3.8, 4) is 0 Å². The zero-order chi connectivity index (χ0) is 18.5. The largest absolute Gasteiger partial charge is 0.382 e. The maximum Gasteiger partial charge on any atom is 0.191 e. The fraction of sp³-hybridized carbons (Fsp3) is 0.650. The number of halogens is 1. The molecule has 6 nitrogen and oxygen atoms in total. The Labute approximate surface area is 181 Å². The number of rotatable bonds is 10. The molecule has 0 aromatic heterocycles. The molecule has 2 N–H and O–H groups in total. The molecule has 1 fully saturated rings. The zero-order valence-electron chi connectivity index (χ0n) is 16.7. The van der Waals surface area contributed by atoms with Crippen LogP contribution in [0.3, 0.4) is 0 Å². The van der Waals surface area contributed by atoms with E-state index in [1.807, 2.05) is 6.92 Å². The molecule has 1 aromatic carbocycles. The van der Waals surface area contributed by atoms with Crippen LogP contribution >= 0.6 is 24.0 Å². The monoisotopic (exact) mass is 490 g/mol. The van der Waals surface area contributed by atoms with E-state index < -0.39 is 0 Å². The minimum Gasteiger partial charge on any atom is -0.382 e. The predicted octanol–water partition coefficient (Wildman–Crippen LogP) is 2.62. The molecule has 0 unspecified atom stereocenters. The Balaban J connectivity index is 0.00000364. The summed E-state index contributed by atoms with van der Waals surface area (Å²) in [5.74, 6) is 0.864. The Hall–Kier alpha value is -0.900. The van der Waals surface area contributed by atoms with Crippen LogP contribution in [0.4, 0.5) is 0 Å². The van der Waals surface area contributed by atoms with Crippen LogP contribution in [0.15, 0.2) is 29.3 Å². The zero-order valence-corrected chi connectivity index (χ0v) is 19.0. The third-order valence-corrected chi connectivity index (χ3v) is 4.23. The lowest BCUT2D eigenvalue weighted by Gasteiger charge is -2.26. The Morgan fingerprint density at radius 3 is 2.70 bits per heavy atom. The SMILES string of the molecule is CCNC(=NCc1cccc(CN2CCOCC2)c1)NCCCOCC.I. The van der Waals surface area contributed by atoms with Gasteiger partial charge in [-0.1, -0.05) is 24.3 Å². The first-order chi connectivity index (χ1) is 12.8. The molecular weight excluding hydrogens is 455 g/mol. The predicted molar refractivity (Wildman–Crippen MR) is 122 cm³/mol. The molecule has 1 saturated heterocycles. The molecule has 0 radical (unpaired) electrons. The average Bonchev–Trinajstić information content (AvgIpc) is 2.67. The molecule has 1 heterocycles. The fourth-order valence-electron chi connectivity index (χ4n) is 2.88. The summed E-state index contributed by atoms with van der Waals surface area (Å²) in [6, 6.07) is 8.73. The van der Waals surface area contributed by atoms with Gasteiger partial charge in [-0.25, -0.2) is 4.99 Å². The second-order valence-corrected chi connectivity index (χ2v) is 6.38. The van der Waals surface area contributed by atoms with Crippen molar-refractivity contribution in [2.45, 2.75) is 33.4 Å². The lowest BCUT2D eigenvalue weighted by Crippen LogP contribution is -2.38. The summed E-state index contributed by atoms with van der Waals surface area (Å²) in [6.45, 7) is 12.7. The van der Waals surface area contributed by atoms with Crippen LogP contribution in [0.2, 0.25) is 0 Å². The van der Waals surface area contributed by atoms with Crippen molar-refractivity contribution < 1.29 is 9.47 Å². The standard InChI is InChI=1S/C20H34N4O2.HI/c1-3-21-20(22-9-6-12-25-4-2)23-16-18-7-5-8-19(15-18)17-24-10-13-26-14-11-24;/h5,7-8,15H,3-4,6,9-14,16-17H2,1-2H3,(H2,21,22,23);1H. The second-order valence-electron chi connectivity index (χ2n) is 6.38. The lowest BCUT2D eigenvalue weighted by molar-refractivity contribution is 0.0342. The highest BCUT2D eigenvalue weighted by atomic mass is 127. The van der Waals surface area contributed by atoms with Crippen molar-refractivity contribution in [3.05, 3.63) is 35.4 Å². The first-order valence-corrected chi connectivity index (χ1v) is 9.79. The molecule has 0 bridgehead atoms. The number of morpholine rings is 1. The number of hydrogen-bond acceptors (Lipinski definition) is 4. The van der Waals surface area contributed by atoms with Crippen molar-refractivity contribution in [1.29, 1.82) is 0 Å². The fourth-order valence-corrected chi connectivity index (χ4v) is 2.88. The Kier molecular flexibility index (Phi) is 13.5. The highest BCUT2D eigenvalue weighted by Gasteiger charge is 2.10. The molecular formula is C20H35IN4O2. The summed E-state index contributed by atoms with van der Waals surface area (Å²) in [5.41, 5.74) is 2.58. The van der Waals surface area contributed by atoms with Gasteiger partial charge in [0, 0.05) is 45.9 Å². The maximum atomic E-state index is 5.42. The van der Waals surface area contributed by atoms with Gasteiger partial charge in [0.05, 0.1) is 19.8 Å². The number of aliphatic imine (C=N–C) groups is 1. The summed E-state index contributed by atoms with van der Waals surface area (Å²) >= 11 is 0. The van der Waals surface area contributed by atoms with Crippen LogP contribution in [0, 0.1) is 0 Å². The minimum absolute atomic E-state index is 0. The van der Waals surface area contributed by atoms with Gasteiger partial charge in [-0.2, -0.15) is 0 Å². The third kappa shape index (κ3) is 10.3. The van der Waals surface area contributed by atoms with E-state index in [1.165, 1.54) is 11.1 Å². The van der Waals surface area contributed by atoms with Crippen molar-refractivity contribution in [2.24, 2.45) is 4.99 Å². The van der Waals surface area contributed by atoms with Gasteiger partial charge in [0.25, 0.3) is 0 Å². The summed E-state index contributed by atoms with van der Waals surface area (Å²) in [5, 5.41) is 6.67. The number of guanidine groups is 1.